The molecule has 0 bridgehead atoms. The number of rotatable bonds is 3. The standard InChI is InChI=1S/C13H16N2O5/c1-8-6-14(7-9(2)20-8)12-4-3-10(15(18)19)5-11(12)13(16)17/h3-5,8-9H,6-7H2,1-2H3,(H,16,17)/t8-,9-/m0/s1. The van der Waals surface area contributed by atoms with E-state index in [0.29, 0.717) is 18.8 Å². The zero-order chi connectivity index (χ0) is 14.9. The fraction of sp³-hybridized carbons (Fsp3) is 0.462. The van der Waals surface area contributed by atoms with E-state index >= 15 is 0 Å². The number of nitrogens with zero attached hydrogens (tertiary/aromatic N) is 2. The van der Waals surface area contributed by atoms with E-state index in [4.69, 9.17) is 4.74 Å². The minimum absolute atomic E-state index is 0.0180. The third-order valence-electron chi connectivity index (χ3n) is 3.18. The Balaban J connectivity index is 2.40. The predicted octanol–water partition coefficient (Wildman–Crippen LogP) is 1.91. The van der Waals surface area contributed by atoms with Crippen molar-refractivity contribution in [3.8, 4) is 0 Å². The van der Waals surface area contributed by atoms with Crippen molar-refractivity contribution in [3.63, 3.8) is 0 Å². The number of carboxylic acids is 1. The Kier molecular flexibility index (Phi) is 3.89. The fourth-order valence-electron chi connectivity index (χ4n) is 2.46. The van der Waals surface area contributed by atoms with Crippen LogP contribution in [0.5, 0.6) is 0 Å². The van der Waals surface area contributed by atoms with E-state index in [0.717, 1.165) is 6.07 Å². The summed E-state index contributed by atoms with van der Waals surface area (Å²) >= 11 is 0. The van der Waals surface area contributed by atoms with Gasteiger partial charge in [0.15, 0.2) is 0 Å². The van der Waals surface area contributed by atoms with Crippen LogP contribution < -0.4 is 4.90 Å². The minimum Gasteiger partial charge on any atom is -0.478 e. The van der Waals surface area contributed by atoms with Gasteiger partial charge in [0, 0.05) is 25.2 Å². The second-order valence-electron chi connectivity index (χ2n) is 4.93. The van der Waals surface area contributed by atoms with Crippen LogP contribution in [0, 0.1) is 10.1 Å². The lowest BCUT2D eigenvalue weighted by molar-refractivity contribution is -0.384. The number of hydrogen-bond donors (Lipinski definition) is 1. The molecule has 1 aromatic rings. The normalized spacial score (nSPS) is 22.6. The van der Waals surface area contributed by atoms with Gasteiger partial charge in [0.2, 0.25) is 0 Å². The molecule has 20 heavy (non-hydrogen) atoms. The molecule has 7 heteroatoms. The number of ether oxygens (including phenoxy) is 1. The van der Waals surface area contributed by atoms with E-state index in [1.54, 1.807) is 0 Å². The van der Waals surface area contributed by atoms with Gasteiger partial charge in [-0.1, -0.05) is 0 Å². The van der Waals surface area contributed by atoms with E-state index in [9.17, 15) is 20.0 Å². The number of nitro benzene ring substituents is 1. The zero-order valence-corrected chi connectivity index (χ0v) is 11.3. The molecule has 0 spiro atoms. The molecule has 1 aliphatic heterocycles. The topological polar surface area (TPSA) is 92.9 Å². The van der Waals surface area contributed by atoms with Crippen molar-refractivity contribution in [2.45, 2.75) is 26.1 Å². The summed E-state index contributed by atoms with van der Waals surface area (Å²) in [5.41, 5.74) is 0.214. The molecule has 1 fully saturated rings. The summed E-state index contributed by atoms with van der Waals surface area (Å²) in [4.78, 5) is 23.4. The fourth-order valence-corrected chi connectivity index (χ4v) is 2.46. The van der Waals surface area contributed by atoms with Gasteiger partial charge in [0.05, 0.1) is 28.4 Å². The zero-order valence-electron chi connectivity index (χ0n) is 11.3. The maximum Gasteiger partial charge on any atom is 0.338 e. The van der Waals surface area contributed by atoms with E-state index in [2.05, 4.69) is 0 Å². The Morgan fingerprint density at radius 2 is 2.00 bits per heavy atom. The molecule has 1 heterocycles. The summed E-state index contributed by atoms with van der Waals surface area (Å²) in [5.74, 6) is -1.17. The van der Waals surface area contributed by atoms with Crippen LogP contribution in [-0.2, 0) is 4.74 Å². The number of hydrogen-bond acceptors (Lipinski definition) is 5. The third kappa shape index (κ3) is 2.88. The van der Waals surface area contributed by atoms with Gasteiger partial charge in [0.25, 0.3) is 5.69 Å². The molecular weight excluding hydrogens is 264 g/mol. The highest BCUT2D eigenvalue weighted by molar-refractivity contribution is 5.95. The van der Waals surface area contributed by atoms with E-state index in [-0.39, 0.29) is 23.5 Å². The molecule has 0 amide bonds. The predicted molar refractivity (Wildman–Crippen MR) is 72.3 cm³/mol. The molecule has 7 nitrogen and oxygen atoms in total. The molecule has 0 saturated carbocycles. The Labute approximate surface area is 115 Å². The molecule has 108 valence electrons. The smallest absolute Gasteiger partial charge is 0.338 e. The monoisotopic (exact) mass is 280 g/mol. The van der Waals surface area contributed by atoms with Crippen molar-refractivity contribution < 1.29 is 19.6 Å². The highest BCUT2D eigenvalue weighted by atomic mass is 16.6. The number of non-ortho nitro benzene ring substituents is 1. The van der Waals surface area contributed by atoms with Gasteiger partial charge in [-0.3, -0.25) is 10.1 Å². The summed E-state index contributed by atoms with van der Waals surface area (Å²) in [7, 11) is 0. The Morgan fingerprint density at radius 1 is 1.40 bits per heavy atom. The van der Waals surface area contributed by atoms with Crippen LogP contribution in [-0.4, -0.2) is 41.3 Å². The Hall–Kier alpha value is -2.15. The first-order valence-electron chi connectivity index (χ1n) is 6.30. The third-order valence-corrected chi connectivity index (χ3v) is 3.18. The second-order valence-corrected chi connectivity index (χ2v) is 4.93. The molecule has 0 radical (unpaired) electrons. The SMILES string of the molecule is C[C@H]1CN(c2ccc([N+](=O)[O-])cc2C(=O)O)C[C@H](C)O1. The number of benzene rings is 1. The van der Waals surface area contributed by atoms with Gasteiger partial charge >= 0.3 is 5.97 Å². The number of carboxylic acid groups (broad SMARTS) is 1. The molecule has 0 unspecified atom stereocenters. The average Bonchev–Trinajstić information content (AvgIpc) is 2.36. The van der Waals surface area contributed by atoms with Crippen LogP contribution in [0.25, 0.3) is 0 Å². The molecule has 2 atom stereocenters. The number of nitro groups is 1. The number of morpholine rings is 1. The van der Waals surface area contributed by atoms with Gasteiger partial charge in [-0.15, -0.1) is 0 Å². The first-order chi connectivity index (χ1) is 9.38. The van der Waals surface area contributed by atoms with E-state index in [1.165, 1.54) is 12.1 Å². The molecule has 2 rings (SSSR count). The molecular formula is C13H16N2O5. The van der Waals surface area contributed by atoms with Crippen molar-refractivity contribution in [2.24, 2.45) is 0 Å². The number of anilines is 1. The first-order valence-corrected chi connectivity index (χ1v) is 6.30. The van der Waals surface area contributed by atoms with Gasteiger partial charge in [-0.25, -0.2) is 4.79 Å². The van der Waals surface area contributed by atoms with Crippen molar-refractivity contribution in [3.05, 3.63) is 33.9 Å². The molecule has 0 aromatic heterocycles. The highest BCUT2D eigenvalue weighted by Crippen LogP contribution is 2.28. The maximum atomic E-state index is 11.3. The lowest BCUT2D eigenvalue weighted by Gasteiger charge is -2.37. The Bertz CT molecular complexity index is 536. The van der Waals surface area contributed by atoms with E-state index in [1.807, 2.05) is 18.7 Å². The van der Waals surface area contributed by atoms with Gasteiger partial charge in [-0.2, -0.15) is 0 Å². The van der Waals surface area contributed by atoms with Crippen molar-refractivity contribution in [1.29, 1.82) is 0 Å². The van der Waals surface area contributed by atoms with Crippen molar-refractivity contribution >= 4 is 17.3 Å². The van der Waals surface area contributed by atoms with Gasteiger partial charge in [-0.05, 0) is 19.9 Å². The average molecular weight is 280 g/mol. The molecule has 1 saturated heterocycles. The van der Waals surface area contributed by atoms with Gasteiger partial charge < -0.3 is 14.7 Å². The lowest BCUT2D eigenvalue weighted by Crippen LogP contribution is -2.46. The van der Waals surface area contributed by atoms with Crippen LogP contribution in [0.3, 0.4) is 0 Å². The van der Waals surface area contributed by atoms with Crippen LogP contribution in [0.4, 0.5) is 11.4 Å². The first kappa shape index (κ1) is 14.3. The van der Waals surface area contributed by atoms with Crippen LogP contribution in [0.15, 0.2) is 18.2 Å². The summed E-state index contributed by atoms with van der Waals surface area (Å²) < 4.78 is 5.60. The van der Waals surface area contributed by atoms with E-state index < -0.39 is 10.9 Å². The quantitative estimate of drug-likeness (QED) is 0.671. The summed E-state index contributed by atoms with van der Waals surface area (Å²) in [6, 6.07) is 3.92. The minimum atomic E-state index is -1.17. The number of carbonyl (C=O) groups is 1. The second kappa shape index (κ2) is 5.46. The van der Waals surface area contributed by atoms with Crippen molar-refractivity contribution in [2.75, 3.05) is 18.0 Å². The summed E-state index contributed by atoms with van der Waals surface area (Å²) in [6.07, 6.45) is -0.0360. The lowest BCUT2D eigenvalue weighted by atomic mass is 10.1. The van der Waals surface area contributed by atoms with Gasteiger partial charge in [0.1, 0.15) is 0 Å². The Morgan fingerprint density at radius 3 is 2.50 bits per heavy atom. The largest absolute Gasteiger partial charge is 0.478 e. The highest BCUT2D eigenvalue weighted by Gasteiger charge is 2.26. The van der Waals surface area contributed by atoms with Crippen molar-refractivity contribution in [1.82, 2.24) is 0 Å². The number of aromatic carboxylic acids is 1. The summed E-state index contributed by atoms with van der Waals surface area (Å²) in [5, 5.41) is 20.0. The maximum absolute atomic E-state index is 11.3. The van der Waals surface area contributed by atoms with Crippen LogP contribution >= 0.6 is 0 Å². The van der Waals surface area contributed by atoms with Crippen LogP contribution in [0.1, 0.15) is 24.2 Å². The summed E-state index contributed by atoms with van der Waals surface area (Å²) in [6.45, 7) is 4.94. The molecule has 1 N–H and O–H groups in total. The van der Waals surface area contributed by atoms with Crippen LogP contribution in [0.2, 0.25) is 0 Å². The molecule has 1 aliphatic rings. The molecule has 0 aliphatic carbocycles. The molecule has 1 aromatic carbocycles.